The van der Waals surface area contributed by atoms with Gasteiger partial charge in [0.25, 0.3) is 0 Å². The fourth-order valence-corrected chi connectivity index (χ4v) is 2.99. The van der Waals surface area contributed by atoms with Crippen molar-refractivity contribution in [1.29, 1.82) is 0 Å². The summed E-state index contributed by atoms with van der Waals surface area (Å²) in [5, 5.41) is 0.554. The van der Waals surface area contributed by atoms with Gasteiger partial charge in [0.15, 0.2) is 0 Å². The van der Waals surface area contributed by atoms with Gasteiger partial charge in [-0.3, -0.25) is 4.98 Å². The molecule has 7 heteroatoms. The quantitative estimate of drug-likeness (QED) is 0.384. The first kappa shape index (κ1) is 20.2. The van der Waals surface area contributed by atoms with E-state index in [1.54, 1.807) is 31.2 Å². The Hall–Kier alpha value is -4.13. The highest BCUT2D eigenvalue weighted by Crippen LogP contribution is 2.31. The summed E-state index contributed by atoms with van der Waals surface area (Å²) in [6, 6.07) is 16.0. The second kappa shape index (κ2) is 9.13. The molecule has 0 aliphatic carbocycles. The highest BCUT2D eigenvalue weighted by Gasteiger charge is 2.18. The Morgan fingerprint density at radius 2 is 1.77 bits per heavy atom. The third-order valence-corrected chi connectivity index (χ3v) is 4.48. The summed E-state index contributed by atoms with van der Waals surface area (Å²) in [5.41, 5.74) is 1.89. The Morgan fingerprint density at radius 3 is 2.58 bits per heavy atom. The molecule has 0 bridgehead atoms. The molecule has 2 aromatic heterocycles. The van der Waals surface area contributed by atoms with Crippen molar-refractivity contribution >= 4 is 22.9 Å². The van der Waals surface area contributed by atoms with E-state index in [0.29, 0.717) is 22.3 Å². The first-order valence-corrected chi connectivity index (χ1v) is 9.67. The molecule has 2 heterocycles. The SMILES string of the molecule is CCOC(=O)c1coc2ccc(Oc3ccncc3C(=O)OCc3ccccc3)cc12. The molecule has 0 saturated heterocycles. The Bertz CT molecular complexity index is 1220. The van der Waals surface area contributed by atoms with Crippen molar-refractivity contribution in [1.82, 2.24) is 4.98 Å². The molecule has 0 unspecified atom stereocenters. The fraction of sp³-hybridized carbons (Fsp3) is 0.125. The zero-order valence-corrected chi connectivity index (χ0v) is 16.7. The number of hydrogen-bond acceptors (Lipinski definition) is 7. The topological polar surface area (TPSA) is 87.9 Å². The predicted molar refractivity (Wildman–Crippen MR) is 112 cm³/mol. The second-order valence-electron chi connectivity index (χ2n) is 6.56. The number of pyridine rings is 1. The summed E-state index contributed by atoms with van der Waals surface area (Å²) in [4.78, 5) is 28.7. The lowest BCUT2D eigenvalue weighted by molar-refractivity contribution is 0.0468. The molecule has 0 atom stereocenters. The van der Waals surface area contributed by atoms with Crippen LogP contribution in [0.15, 0.2) is 77.7 Å². The van der Waals surface area contributed by atoms with Crippen molar-refractivity contribution in [3.8, 4) is 11.5 Å². The van der Waals surface area contributed by atoms with Crippen molar-refractivity contribution in [3.05, 3.63) is 89.9 Å². The van der Waals surface area contributed by atoms with Gasteiger partial charge in [-0.15, -0.1) is 0 Å². The summed E-state index contributed by atoms with van der Waals surface area (Å²) in [6.07, 6.45) is 4.26. The number of nitrogens with zero attached hydrogens (tertiary/aromatic N) is 1. The molecule has 0 amide bonds. The molecular formula is C24H19NO6. The molecule has 156 valence electrons. The lowest BCUT2D eigenvalue weighted by Gasteiger charge is -2.11. The van der Waals surface area contributed by atoms with E-state index in [0.717, 1.165) is 5.56 Å². The van der Waals surface area contributed by atoms with Crippen molar-refractivity contribution in [2.75, 3.05) is 6.61 Å². The molecular weight excluding hydrogens is 398 g/mol. The standard InChI is InChI=1S/C24H19NO6/c1-2-28-24(27)20-15-29-21-9-8-17(12-18(20)21)31-22-10-11-25-13-19(22)23(26)30-14-16-6-4-3-5-7-16/h3-13,15H,2,14H2,1H3. The van der Waals surface area contributed by atoms with E-state index in [2.05, 4.69) is 4.98 Å². The van der Waals surface area contributed by atoms with Crippen LogP contribution in [-0.4, -0.2) is 23.5 Å². The first-order valence-electron chi connectivity index (χ1n) is 9.67. The average Bonchev–Trinajstić information content (AvgIpc) is 3.22. The molecule has 31 heavy (non-hydrogen) atoms. The summed E-state index contributed by atoms with van der Waals surface area (Å²) < 4.78 is 21.8. The van der Waals surface area contributed by atoms with Crippen LogP contribution in [-0.2, 0) is 16.1 Å². The maximum atomic E-state index is 12.6. The maximum Gasteiger partial charge on any atom is 0.343 e. The van der Waals surface area contributed by atoms with Crippen LogP contribution < -0.4 is 4.74 Å². The minimum atomic E-state index is -0.552. The van der Waals surface area contributed by atoms with Crippen LogP contribution in [0.2, 0.25) is 0 Å². The molecule has 0 aliphatic rings. The number of rotatable bonds is 7. The van der Waals surface area contributed by atoms with Crippen molar-refractivity contribution in [2.24, 2.45) is 0 Å². The zero-order chi connectivity index (χ0) is 21.6. The van der Waals surface area contributed by atoms with Gasteiger partial charge in [-0.25, -0.2) is 9.59 Å². The zero-order valence-electron chi connectivity index (χ0n) is 16.7. The highest BCUT2D eigenvalue weighted by atomic mass is 16.5. The van der Waals surface area contributed by atoms with Gasteiger partial charge in [0, 0.05) is 23.8 Å². The Kier molecular flexibility index (Phi) is 5.93. The van der Waals surface area contributed by atoms with Crippen LogP contribution in [0.3, 0.4) is 0 Å². The summed E-state index contributed by atoms with van der Waals surface area (Å²) >= 11 is 0. The van der Waals surface area contributed by atoms with E-state index in [1.165, 1.54) is 18.7 Å². The van der Waals surface area contributed by atoms with Gasteiger partial charge in [-0.1, -0.05) is 30.3 Å². The van der Waals surface area contributed by atoms with Crippen molar-refractivity contribution in [2.45, 2.75) is 13.5 Å². The normalized spacial score (nSPS) is 10.6. The van der Waals surface area contributed by atoms with Gasteiger partial charge in [0.1, 0.15) is 41.1 Å². The minimum absolute atomic E-state index is 0.137. The molecule has 0 saturated carbocycles. The number of fused-ring (bicyclic) bond motifs is 1. The number of hydrogen-bond donors (Lipinski definition) is 0. The highest BCUT2D eigenvalue weighted by molar-refractivity contribution is 6.03. The maximum absolute atomic E-state index is 12.6. The van der Waals surface area contributed by atoms with Crippen LogP contribution in [0.25, 0.3) is 11.0 Å². The largest absolute Gasteiger partial charge is 0.463 e. The number of furan rings is 1. The van der Waals surface area contributed by atoms with Gasteiger partial charge in [-0.2, -0.15) is 0 Å². The Morgan fingerprint density at radius 1 is 0.968 bits per heavy atom. The molecule has 0 fully saturated rings. The lowest BCUT2D eigenvalue weighted by Crippen LogP contribution is -2.07. The number of ether oxygens (including phenoxy) is 3. The number of carbonyl (C=O) groups excluding carboxylic acids is 2. The third-order valence-electron chi connectivity index (χ3n) is 4.48. The van der Waals surface area contributed by atoms with E-state index >= 15 is 0 Å². The second-order valence-corrected chi connectivity index (χ2v) is 6.56. The molecule has 0 N–H and O–H groups in total. The lowest BCUT2D eigenvalue weighted by atomic mass is 10.1. The van der Waals surface area contributed by atoms with Crippen molar-refractivity contribution in [3.63, 3.8) is 0 Å². The first-order chi connectivity index (χ1) is 15.2. The summed E-state index contributed by atoms with van der Waals surface area (Å²) in [6.45, 7) is 2.13. The fourth-order valence-electron chi connectivity index (χ4n) is 2.99. The summed E-state index contributed by atoms with van der Waals surface area (Å²) in [5.74, 6) is -0.326. The molecule has 0 aliphatic heterocycles. The average molecular weight is 417 g/mol. The Labute approximate surface area is 178 Å². The van der Waals surface area contributed by atoms with E-state index in [9.17, 15) is 9.59 Å². The van der Waals surface area contributed by atoms with E-state index in [-0.39, 0.29) is 24.5 Å². The van der Waals surface area contributed by atoms with Gasteiger partial charge >= 0.3 is 11.9 Å². The van der Waals surface area contributed by atoms with E-state index in [1.807, 2.05) is 30.3 Å². The van der Waals surface area contributed by atoms with E-state index in [4.69, 9.17) is 18.6 Å². The Balaban J connectivity index is 1.55. The molecule has 0 spiro atoms. The van der Waals surface area contributed by atoms with Crippen LogP contribution in [0.1, 0.15) is 33.2 Å². The van der Waals surface area contributed by atoms with Gasteiger partial charge < -0.3 is 18.6 Å². The molecule has 2 aromatic carbocycles. The number of carbonyl (C=O) groups is 2. The smallest absolute Gasteiger partial charge is 0.343 e. The number of aromatic nitrogens is 1. The molecule has 4 aromatic rings. The third kappa shape index (κ3) is 4.56. The minimum Gasteiger partial charge on any atom is -0.463 e. The van der Waals surface area contributed by atoms with Gasteiger partial charge in [-0.05, 0) is 30.7 Å². The molecule has 4 rings (SSSR count). The van der Waals surface area contributed by atoms with Crippen LogP contribution in [0, 0.1) is 0 Å². The van der Waals surface area contributed by atoms with Crippen LogP contribution in [0.5, 0.6) is 11.5 Å². The van der Waals surface area contributed by atoms with Gasteiger partial charge in [0.05, 0.1) is 6.61 Å². The predicted octanol–water partition coefficient (Wildman–Crippen LogP) is 5.15. The number of benzene rings is 2. The van der Waals surface area contributed by atoms with E-state index < -0.39 is 11.9 Å². The van der Waals surface area contributed by atoms with Crippen LogP contribution in [0.4, 0.5) is 0 Å². The summed E-state index contributed by atoms with van der Waals surface area (Å²) in [7, 11) is 0. The molecule has 0 radical (unpaired) electrons. The molecule has 7 nitrogen and oxygen atoms in total. The van der Waals surface area contributed by atoms with Gasteiger partial charge in [0.2, 0.25) is 0 Å². The number of esters is 2. The monoisotopic (exact) mass is 417 g/mol. The van der Waals surface area contributed by atoms with Crippen molar-refractivity contribution < 1.29 is 28.2 Å². The van der Waals surface area contributed by atoms with Crippen LogP contribution >= 0.6 is 0 Å².